The number of benzene rings is 1. The Morgan fingerprint density at radius 2 is 1.57 bits per heavy atom. The lowest BCUT2D eigenvalue weighted by molar-refractivity contribution is -0.145. The van der Waals surface area contributed by atoms with Crippen molar-refractivity contribution in [3.63, 3.8) is 0 Å². The minimum atomic E-state index is -1.19. The van der Waals surface area contributed by atoms with E-state index in [1.54, 1.807) is 44.4 Å². The first-order chi connectivity index (χ1) is 25.4. The fourth-order valence-electron chi connectivity index (χ4n) is 7.98. The Morgan fingerprint density at radius 3 is 2.17 bits per heavy atom. The van der Waals surface area contributed by atoms with E-state index in [0.717, 1.165) is 32.1 Å². The molecule has 1 heterocycles. The highest BCUT2D eigenvalue weighted by Crippen LogP contribution is 2.65. The van der Waals surface area contributed by atoms with Crippen LogP contribution in [0, 0.1) is 22.7 Å². The summed E-state index contributed by atoms with van der Waals surface area (Å²) < 4.78 is 0. The number of carbonyl (C=O) groups is 7. The molecule has 5 N–H and O–H groups in total. The van der Waals surface area contributed by atoms with Gasteiger partial charge in [0.1, 0.15) is 18.1 Å². The molecule has 1 aliphatic heterocycles. The number of nitrogens with one attached hydrogen (secondary N) is 5. The number of rotatable bonds is 15. The molecule has 0 spiro atoms. The van der Waals surface area contributed by atoms with Gasteiger partial charge in [0.2, 0.25) is 29.4 Å². The predicted molar refractivity (Wildman–Crippen MR) is 204 cm³/mol. The Morgan fingerprint density at radius 1 is 0.926 bits per heavy atom. The highest BCUT2D eigenvalue weighted by molar-refractivity contribution is 6.38. The number of urea groups is 1. The molecule has 1 aromatic rings. The number of Topliss-reactive ketones (excluding diaryl/α,β-unsaturated/α-hetero) is 1. The van der Waals surface area contributed by atoms with Crippen LogP contribution in [0.15, 0.2) is 30.3 Å². The first-order valence-electron chi connectivity index (χ1n) is 19.4. The third-order valence-corrected chi connectivity index (χ3v) is 11.3. The number of likely N-dealkylation sites (N-methyl/N-ethyl adjacent to an activating group) is 1. The third-order valence-electron chi connectivity index (χ3n) is 11.3. The number of amides is 7. The quantitative estimate of drug-likeness (QED) is 0.171. The number of hydrogen-bond donors (Lipinski definition) is 5. The van der Waals surface area contributed by atoms with Gasteiger partial charge in [-0.15, -0.1) is 0 Å². The molecule has 0 aromatic heterocycles. The van der Waals surface area contributed by atoms with E-state index in [1.807, 2.05) is 41.5 Å². The summed E-state index contributed by atoms with van der Waals surface area (Å²) >= 11 is 0. The fourth-order valence-corrected chi connectivity index (χ4v) is 7.98. The zero-order chi connectivity index (χ0) is 40.0. The van der Waals surface area contributed by atoms with Crippen molar-refractivity contribution >= 4 is 41.4 Å². The third kappa shape index (κ3) is 10.2. The topological polar surface area (TPSA) is 186 Å². The van der Waals surface area contributed by atoms with Crippen LogP contribution < -0.4 is 26.6 Å². The van der Waals surface area contributed by atoms with Gasteiger partial charge in [0.05, 0.1) is 12.6 Å². The number of hydrogen-bond acceptors (Lipinski definition) is 7. The molecular formula is C40H61N7O7. The summed E-state index contributed by atoms with van der Waals surface area (Å²) in [5.41, 5.74) is -0.335. The molecule has 14 nitrogen and oxygen atoms in total. The van der Waals surface area contributed by atoms with Crippen LogP contribution in [0.1, 0.15) is 105 Å². The van der Waals surface area contributed by atoms with Crippen molar-refractivity contribution in [1.82, 2.24) is 36.4 Å². The maximum absolute atomic E-state index is 14.3. The van der Waals surface area contributed by atoms with Gasteiger partial charge in [0.15, 0.2) is 0 Å². The van der Waals surface area contributed by atoms with E-state index in [4.69, 9.17) is 0 Å². The Hall–Kier alpha value is -4.49. The number of piperidine rings is 1. The van der Waals surface area contributed by atoms with E-state index in [2.05, 4.69) is 26.6 Å². The molecule has 3 fully saturated rings. The summed E-state index contributed by atoms with van der Waals surface area (Å²) in [6, 6.07) is 4.31. The molecule has 298 valence electrons. The van der Waals surface area contributed by atoms with Crippen molar-refractivity contribution < 1.29 is 33.6 Å². The van der Waals surface area contributed by atoms with E-state index in [0.29, 0.717) is 24.9 Å². The minimum Gasteiger partial charge on any atom is -0.347 e. The standard InChI is InChI=1S/C40H61N7O7/c1-9-10-21-27(32(49)35(51)41-22-28(48)44-30(36(52)46(7)8)24-17-13-11-14-18-24)43-34(50)31-29-26(40(29,5)6)23-47(31)37(53)33(39(2,3)4)45-38(54)42-25-19-15-12-16-20-25/h11,13-14,17-18,25-27,29-31,33H,9-10,12,15-16,19-23H2,1-8H3,(H,41,51)(H,43,50)(H,44,48)(H2,42,45,54)/t26-,27?,29-,30+,31+,33-/m1/s1. The normalized spacial score (nSPS) is 22.1. The van der Waals surface area contributed by atoms with Gasteiger partial charge in [-0.05, 0) is 47.5 Å². The summed E-state index contributed by atoms with van der Waals surface area (Å²) in [6.07, 6.45) is 6.42. The number of nitrogens with zero attached hydrogens (tertiary/aromatic N) is 2. The smallest absolute Gasteiger partial charge is 0.315 e. The van der Waals surface area contributed by atoms with Gasteiger partial charge in [0.25, 0.3) is 5.91 Å². The summed E-state index contributed by atoms with van der Waals surface area (Å²) in [4.78, 5) is 97.0. The van der Waals surface area contributed by atoms with Crippen LogP contribution in [0.3, 0.4) is 0 Å². The van der Waals surface area contributed by atoms with Crippen LogP contribution in [0.25, 0.3) is 0 Å². The van der Waals surface area contributed by atoms with Gasteiger partial charge < -0.3 is 36.4 Å². The second-order valence-corrected chi connectivity index (χ2v) is 17.0. The van der Waals surface area contributed by atoms with Gasteiger partial charge in [-0.2, -0.15) is 0 Å². The van der Waals surface area contributed by atoms with Gasteiger partial charge >= 0.3 is 6.03 Å². The molecule has 2 saturated carbocycles. The number of unbranched alkanes of at least 4 members (excludes halogenated alkanes) is 1. The Balaban J connectivity index is 1.44. The second-order valence-electron chi connectivity index (χ2n) is 17.0. The molecule has 2 aliphatic carbocycles. The van der Waals surface area contributed by atoms with E-state index in [9.17, 15) is 33.6 Å². The lowest BCUT2D eigenvalue weighted by Gasteiger charge is -2.38. The van der Waals surface area contributed by atoms with Gasteiger partial charge in [-0.3, -0.25) is 28.8 Å². The highest BCUT2D eigenvalue weighted by atomic mass is 16.2. The molecule has 1 aromatic carbocycles. The maximum Gasteiger partial charge on any atom is 0.315 e. The largest absolute Gasteiger partial charge is 0.347 e. The van der Waals surface area contributed by atoms with Crippen molar-refractivity contribution in [2.45, 2.75) is 123 Å². The van der Waals surface area contributed by atoms with Crippen LogP contribution in [-0.2, 0) is 28.8 Å². The Kier molecular flexibility index (Phi) is 13.9. The zero-order valence-corrected chi connectivity index (χ0v) is 33.3. The maximum atomic E-state index is 14.3. The molecule has 54 heavy (non-hydrogen) atoms. The van der Waals surface area contributed by atoms with E-state index < -0.39 is 65.7 Å². The predicted octanol–water partition coefficient (Wildman–Crippen LogP) is 2.82. The van der Waals surface area contributed by atoms with Crippen LogP contribution in [0.5, 0.6) is 0 Å². The molecule has 0 bridgehead atoms. The SMILES string of the molecule is CCCCC(NC(=O)[C@@H]1[C@H]2[C@@H](CN1C(=O)[C@@H](NC(=O)NC1CCCCC1)C(C)(C)C)C2(C)C)C(=O)C(=O)NCC(=O)N[C@H](C(=O)N(C)C)c1ccccc1. The fraction of sp³-hybridized carbons (Fsp3) is 0.675. The summed E-state index contributed by atoms with van der Waals surface area (Å²) in [5.74, 6) is -4.02. The number of carbonyl (C=O) groups excluding carboxylic acids is 7. The van der Waals surface area contributed by atoms with Crippen LogP contribution in [0.2, 0.25) is 0 Å². The molecule has 1 saturated heterocycles. The van der Waals surface area contributed by atoms with Crippen molar-refractivity contribution in [2.75, 3.05) is 27.2 Å². The molecule has 4 rings (SSSR count). The van der Waals surface area contributed by atoms with Crippen molar-refractivity contribution in [1.29, 1.82) is 0 Å². The summed E-state index contributed by atoms with van der Waals surface area (Å²) in [6.45, 7) is 11.4. The lowest BCUT2D eigenvalue weighted by Crippen LogP contribution is -2.61. The Bertz CT molecular complexity index is 1550. The second kappa shape index (κ2) is 17.8. The van der Waals surface area contributed by atoms with E-state index in [1.165, 1.54) is 9.80 Å². The molecular weight excluding hydrogens is 690 g/mol. The van der Waals surface area contributed by atoms with Crippen LogP contribution in [0.4, 0.5) is 4.79 Å². The van der Waals surface area contributed by atoms with E-state index >= 15 is 0 Å². The number of ketones is 1. The molecule has 6 atom stereocenters. The van der Waals surface area contributed by atoms with Gasteiger partial charge in [0, 0.05) is 26.7 Å². The monoisotopic (exact) mass is 751 g/mol. The van der Waals surface area contributed by atoms with E-state index in [-0.39, 0.29) is 41.5 Å². The minimum absolute atomic E-state index is 0.0517. The molecule has 7 amide bonds. The van der Waals surface area contributed by atoms with Gasteiger partial charge in [-0.25, -0.2) is 4.79 Å². The molecule has 14 heteroatoms. The van der Waals surface area contributed by atoms with Gasteiger partial charge in [-0.1, -0.05) is 104 Å². The Labute approximate surface area is 319 Å². The van der Waals surface area contributed by atoms with Crippen molar-refractivity contribution in [3.8, 4) is 0 Å². The number of likely N-dealkylation sites (tertiary alicyclic amines) is 1. The molecule has 1 unspecified atom stereocenters. The number of fused-ring (bicyclic) bond motifs is 1. The summed E-state index contributed by atoms with van der Waals surface area (Å²) in [7, 11) is 3.13. The van der Waals surface area contributed by atoms with Crippen molar-refractivity contribution in [2.24, 2.45) is 22.7 Å². The molecule has 3 aliphatic rings. The average molecular weight is 752 g/mol. The zero-order valence-electron chi connectivity index (χ0n) is 33.3. The summed E-state index contributed by atoms with van der Waals surface area (Å²) in [5, 5.41) is 13.7. The first kappa shape index (κ1) is 42.3. The highest BCUT2D eigenvalue weighted by Gasteiger charge is 2.70. The lowest BCUT2D eigenvalue weighted by atomic mass is 9.85. The first-order valence-corrected chi connectivity index (χ1v) is 19.4. The average Bonchev–Trinajstić information content (AvgIpc) is 3.43. The molecule has 0 radical (unpaired) electrons. The van der Waals surface area contributed by atoms with Crippen LogP contribution >= 0.6 is 0 Å². The van der Waals surface area contributed by atoms with Crippen LogP contribution in [-0.4, -0.2) is 103 Å². The van der Waals surface area contributed by atoms with Crippen molar-refractivity contribution in [3.05, 3.63) is 35.9 Å².